The fourth-order valence-corrected chi connectivity index (χ4v) is 3.05. The van der Waals surface area contributed by atoms with Crippen LogP contribution < -0.4 is 0 Å². The third-order valence-corrected chi connectivity index (χ3v) is 4.88. The van der Waals surface area contributed by atoms with E-state index in [0.29, 0.717) is 6.54 Å². The second-order valence-electron chi connectivity index (χ2n) is 6.46. The largest absolute Gasteiger partial charge is 0.272 e. The van der Waals surface area contributed by atoms with Crippen LogP contribution in [0.1, 0.15) is 17.0 Å². The minimum Gasteiger partial charge on any atom is -0.272 e. The van der Waals surface area contributed by atoms with Gasteiger partial charge in [-0.3, -0.25) is 19.0 Å². The van der Waals surface area contributed by atoms with E-state index in [1.165, 1.54) is 0 Å². The molecule has 4 rings (SSSR count). The maximum absolute atomic E-state index is 4.88. The van der Waals surface area contributed by atoms with E-state index in [1.54, 1.807) is 12.4 Å². The molecule has 0 amide bonds. The topological polar surface area (TPSA) is 66.3 Å². The highest BCUT2D eigenvalue weighted by Gasteiger charge is 2.18. The summed E-state index contributed by atoms with van der Waals surface area (Å²) in [6, 6.07) is 6.14. The van der Waals surface area contributed by atoms with Gasteiger partial charge in [0.25, 0.3) is 0 Å². The molecular formula is C19H21N7. The first-order valence-electron chi connectivity index (χ1n) is 8.49. The highest BCUT2D eigenvalue weighted by molar-refractivity contribution is 5.70. The zero-order valence-electron chi connectivity index (χ0n) is 15.4. The molecule has 0 radical (unpaired) electrons. The van der Waals surface area contributed by atoms with Gasteiger partial charge in [-0.15, -0.1) is 0 Å². The third-order valence-electron chi connectivity index (χ3n) is 4.88. The van der Waals surface area contributed by atoms with Crippen LogP contribution in [-0.4, -0.2) is 34.3 Å². The smallest absolute Gasteiger partial charge is 0.0964 e. The Balaban J connectivity index is 1.85. The molecule has 0 bridgehead atoms. The van der Waals surface area contributed by atoms with Crippen molar-refractivity contribution in [3.63, 3.8) is 0 Å². The normalized spacial score (nSPS) is 11.2. The minimum absolute atomic E-state index is 0.672. The van der Waals surface area contributed by atoms with Gasteiger partial charge in [-0.1, -0.05) is 0 Å². The van der Waals surface area contributed by atoms with Crippen molar-refractivity contribution in [2.24, 2.45) is 14.1 Å². The number of nitrogens with zero attached hydrogens (tertiary/aromatic N) is 7. The molecule has 0 saturated carbocycles. The number of aryl methyl sites for hydroxylation is 2. The Morgan fingerprint density at radius 2 is 1.50 bits per heavy atom. The zero-order valence-corrected chi connectivity index (χ0v) is 15.4. The SMILES string of the molecule is Cc1c(-c2cc(-c3cnn(C)c3C)n(Cc3ccncc3)n2)cnn1C. The van der Waals surface area contributed by atoms with Crippen molar-refractivity contribution >= 4 is 0 Å². The summed E-state index contributed by atoms with van der Waals surface area (Å²) in [4.78, 5) is 4.10. The number of rotatable bonds is 4. The van der Waals surface area contributed by atoms with Crippen molar-refractivity contribution in [2.45, 2.75) is 20.4 Å². The summed E-state index contributed by atoms with van der Waals surface area (Å²) in [7, 11) is 3.90. The lowest BCUT2D eigenvalue weighted by atomic mass is 10.1. The van der Waals surface area contributed by atoms with Crippen LogP contribution in [0.25, 0.3) is 22.5 Å². The van der Waals surface area contributed by atoms with Crippen LogP contribution in [-0.2, 0) is 20.6 Å². The first kappa shape index (κ1) is 16.3. The van der Waals surface area contributed by atoms with Crippen LogP contribution in [0.2, 0.25) is 0 Å². The average molecular weight is 347 g/mol. The summed E-state index contributed by atoms with van der Waals surface area (Å²) in [6.45, 7) is 4.80. The number of pyridine rings is 1. The molecule has 0 saturated heterocycles. The Hall–Kier alpha value is -3.22. The number of hydrogen-bond donors (Lipinski definition) is 0. The molecule has 4 heterocycles. The van der Waals surface area contributed by atoms with Gasteiger partial charge in [-0.05, 0) is 37.6 Å². The first-order chi connectivity index (χ1) is 12.5. The van der Waals surface area contributed by atoms with E-state index in [0.717, 1.165) is 39.5 Å². The van der Waals surface area contributed by atoms with Gasteiger partial charge < -0.3 is 0 Å². The fraction of sp³-hybridized carbons (Fsp3) is 0.263. The molecule has 7 nitrogen and oxygen atoms in total. The molecule has 26 heavy (non-hydrogen) atoms. The van der Waals surface area contributed by atoms with Crippen LogP contribution in [0.3, 0.4) is 0 Å². The van der Waals surface area contributed by atoms with Gasteiger partial charge in [-0.25, -0.2) is 0 Å². The van der Waals surface area contributed by atoms with E-state index < -0.39 is 0 Å². The van der Waals surface area contributed by atoms with Gasteiger partial charge in [0.05, 0.1) is 30.3 Å². The maximum Gasteiger partial charge on any atom is 0.0964 e. The van der Waals surface area contributed by atoms with E-state index in [-0.39, 0.29) is 0 Å². The Morgan fingerprint density at radius 3 is 2.08 bits per heavy atom. The Morgan fingerprint density at radius 1 is 0.885 bits per heavy atom. The van der Waals surface area contributed by atoms with Crippen LogP contribution in [0.15, 0.2) is 43.0 Å². The molecule has 0 spiro atoms. The molecule has 7 heteroatoms. The van der Waals surface area contributed by atoms with Crippen LogP contribution in [0.4, 0.5) is 0 Å². The summed E-state index contributed by atoms with van der Waals surface area (Å²) in [5.74, 6) is 0. The second-order valence-corrected chi connectivity index (χ2v) is 6.46. The van der Waals surface area contributed by atoms with E-state index in [1.807, 2.05) is 52.7 Å². The van der Waals surface area contributed by atoms with E-state index in [4.69, 9.17) is 5.10 Å². The van der Waals surface area contributed by atoms with Gasteiger partial charge in [0.1, 0.15) is 0 Å². The molecule has 0 atom stereocenters. The van der Waals surface area contributed by atoms with Crippen LogP contribution in [0.5, 0.6) is 0 Å². The second kappa shape index (κ2) is 6.25. The van der Waals surface area contributed by atoms with Crippen molar-refractivity contribution < 1.29 is 0 Å². The van der Waals surface area contributed by atoms with Crippen molar-refractivity contribution in [3.8, 4) is 22.5 Å². The molecule has 0 fully saturated rings. The fourth-order valence-electron chi connectivity index (χ4n) is 3.05. The summed E-state index contributed by atoms with van der Waals surface area (Å²) in [5.41, 5.74) is 7.45. The monoisotopic (exact) mass is 347 g/mol. The van der Waals surface area contributed by atoms with Crippen molar-refractivity contribution in [2.75, 3.05) is 0 Å². The highest BCUT2D eigenvalue weighted by atomic mass is 15.3. The van der Waals surface area contributed by atoms with Crippen LogP contribution >= 0.6 is 0 Å². The predicted molar refractivity (Wildman–Crippen MR) is 99.4 cm³/mol. The van der Waals surface area contributed by atoms with Gasteiger partial charge in [0.15, 0.2) is 0 Å². The minimum atomic E-state index is 0.672. The van der Waals surface area contributed by atoms with Gasteiger partial charge >= 0.3 is 0 Å². The molecule has 0 aromatic carbocycles. The quantitative estimate of drug-likeness (QED) is 0.569. The Bertz CT molecular complexity index is 1050. The molecule has 132 valence electrons. The third kappa shape index (κ3) is 2.71. The zero-order chi connectivity index (χ0) is 18.3. The lowest BCUT2D eigenvalue weighted by Crippen LogP contribution is -2.04. The van der Waals surface area contributed by atoms with Gasteiger partial charge in [-0.2, -0.15) is 15.3 Å². The lowest BCUT2D eigenvalue weighted by molar-refractivity contribution is 0.694. The molecular weight excluding hydrogens is 326 g/mol. The molecule has 4 aromatic heterocycles. The maximum atomic E-state index is 4.88. The first-order valence-corrected chi connectivity index (χ1v) is 8.49. The molecule has 0 aliphatic heterocycles. The van der Waals surface area contributed by atoms with Crippen molar-refractivity contribution in [3.05, 3.63) is 59.9 Å². The average Bonchev–Trinajstić information content (AvgIpc) is 3.29. The summed E-state index contributed by atoms with van der Waals surface area (Å²) < 4.78 is 5.78. The lowest BCUT2D eigenvalue weighted by Gasteiger charge is -2.07. The van der Waals surface area contributed by atoms with Crippen molar-refractivity contribution in [1.29, 1.82) is 0 Å². The molecule has 0 aliphatic rings. The molecule has 0 N–H and O–H groups in total. The van der Waals surface area contributed by atoms with Gasteiger partial charge in [0.2, 0.25) is 0 Å². The Kier molecular flexibility index (Phi) is 3.91. The van der Waals surface area contributed by atoms with Gasteiger partial charge in [0, 0.05) is 49.0 Å². The summed E-state index contributed by atoms with van der Waals surface area (Å²) >= 11 is 0. The standard InChI is InChI=1S/C19H21N7/c1-13-16(10-21-24(13)3)18-9-19(17-11-22-25(4)14(17)2)26(23-18)12-15-5-7-20-8-6-15/h5-11H,12H2,1-4H3. The van der Waals surface area contributed by atoms with Crippen LogP contribution in [0, 0.1) is 13.8 Å². The molecule has 0 unspecified atom stereocenters. The predicted octanol–water partition coefficient (Wildman–Crippen LogP) is 2.74. The van der Waals surface area contributed by atoms with E-state index >= 15 is 0 Å². The van der Waals surface area contributed by atoms with E-state index in [2.05, 4.69) is 35.1 Å². The van der Waals surface area contributed by atoms with Crippen molar-refractivity contribution in [1.82, 2.24) is 34.3 Å². The summed E-state index contributed by atoms with van der Waals surface area (Å²) in [5, 5.41) is 13.6. The molecule has 4 aromatic rings. The highest BCUT2D eigenvalue weighted by Crippen LogP contribution is 2.30. The summed E-state index contributed by atoms with van der Waals surface area (Å²) in [6.07, 6.45) is 7.38. The number of aromatic nitrogens is 7. The number of hydrogen-bond acceptors (Lipinski definition) is 4. The van der Waals surface area contributed by atoms with E-state index in [9.17, 15) is 0 Å². The Labute approximate surface area is 151 Å². The molecule has 0 aliphatic carbocycles.